The van der Waals surface area contributed by atoms with Crippen molar-refractivity contribution in [3.05, 3.63) is 31.5 Å². The SMILES string of the molecule is CCCNCC(O)Cn1cc(Br)c(=O)[nH]c1=O. The molecule has 0 amide bonds. The fraction of sp³-hybridized carbons (Fsp3) is 0.600. The van der Waals surface area contributed by atoms with Gasteiger partial charge in [-0.25, -0.2) is 4.79 Å². The van der Waals surface area contributed by atoms with Crippen LogP contribution in [0.15, 0.2) is 20.3 Å². The van der Waals surface area contributed by atoms with Crippen LogP contribution in [0.5, 0.6) is 0 Å². The first-order chi connectivity index (χ1) is 8.04. The molecule has 3 N–H and O–H groups in total. The molecule has 1 unspecified atom stereocenters. The van der Waals surface area contributed by atoms with Crippen LogP contribution in [0.25, 0.3) is 0 Å². The van der Waals surface area contributed by atoms with Gasteiger partial charge in [-0.15, -0.1) is 0 Å². The molecule has 0 radical (unpaired) electrons. The lowest BCUT2D eigenvalue weighted by Crippen LogP contribution is -2.37. The van der Waals surface area contributed by atoms with E-state index in [0.29, 0.717) is 6.54 Å². The molecule has 0 aliphatic heterocycles. The number of hydrogen-bond acceptors (Lipinski definition) is 4. The molecule has 1 aromatic rings. The second kappa shape index (κ2) is 6.73. The van der Waals surface area contributed by atoms with E-state index < -0.39 is 17.4 Å². The summed E-state index contributed by atoms with van der Waals surface area (Å²) in [7, 11) is 0. The largest absolute Gasteiger partial charge is 0.390 e. The van der Waals surface area contributed by atoms with Crippen molar-refractivity contribution < 1.29 is 5.11 Å². The summed E-state index contributed by atoms with van der Waals surface area (Å²) in [5.74, 6) is 0. The zero-order valence-corrected chi connectivity index (χ0v) is 11.2. The van der Waals surface area contributed by atoms with E-state index in [9.17, 15) is 14.7 Å². The van der Waals surface area contributed by atoms with Crippen molar-refractivity contribution >= 4 is 15.9 Å². The van der Waals surface area contributed by atoms with Crippen LogP contribution in [0.1, 0.15) is 13.3 Å². The number of aromatic amines is 1. The van der Waals surface area contributed by atoms with Gasteiger partial charge in [0, 0.05) is 12.7 Å². The first-order valence-corrected chi connectivity index (χ1v) is 6.22. The standard InChI is InChI=1S/C10H16BrN3O3/c1-2-3-12-4-7(15)5-14-6-8(11)9(16)13-10(14)17/h6-7,12,15H,2-5H2,1H3,(H,13,16,17). The van der Waals surface area contributed by atoms with Crippen molar-refractivity contribution in [3.63, 3.8) is 0 Å². The topological polar surface area (TPSA) is 87.1 Å². The van der Waals surface area contributed by atoms with Crippen molar-refractivity contribution in [2.75, 3.05) is 13.1 Å². The zero-order chi connectivity index (χ0) is 12.8. The Kier molecular flexibility index (Phi) is 5.60. The van der Waals surface area contributed by atoms with Crippen LogP contribution in [0, 0.1) is 0 Å². The lowest BCUT2D eigenvalue weighted by Gasteiger charge is -2.12. The van der Waals surface area contributed by atoms with Crippen LogP contribution in [0.2, 0.25) is 0 Å². The van der Waals surface area contributed by atoms with E-state index in [1.54, 1.807) is 0 Å². The maximum absolute atomic E-state index is 11.4. The van der Waals surface area contributed by atoms with Crippen molar-refractivity contribution in [3.8, 4) is 0 Å². The van der Waals surface area contributed by atoms with Gasteiger partial charge in [0.25, 0.3) is 5.56 Å². The van der Waals surface area contributed by atoms with Gasteiger partial charge in [0.2, 0.25) is 0 Å². The summed E-state index contributed by atoms with van der Waals surface area (Å²) >= 11 is 3.03. The average molecular weight is 306 g/mol. The van der Waals surface area contributed by atoms with Gasteiger partial charge in [-0.2, -0.15) is 0 Å². The van der Waals surface area contributed by atoms with Gasteiger partial charge in [-0.05, 0) is 28.9 Å². The Morgan fingerprint density at radius 3 is 2.94 bits per heavy atom. The summed E-state index contributed by atoms with van der Waals surface area (Å²) in [6.07, 6.45) is 1.69. The van der Waals surface area contributed by atoms with E-state index >= 15 is 0 Å². The van der Waals surface area contributed by atoms with Gasteiger partial charge in [0.05, 0.1) is 17.1 Å². The van der Waals surface area contributed by atoms with E-state index in [2.05, 4.69) is 26.2 Å². The molecule has 96 valence electrons. The van der Waals surface area contributed by atoms with E-state index in [0.717, 1.165) is 13.0 Å². The van der Waals surface area contributed by atoms with Crippen LogP contribution in [0.3, 0.4) is 0 Å². The molecule has 0 saturated carbocycles. The van der Waals surface area contributed by atoms with E-state index in [-0.39, 0.29) is 11.0 Å². The highest BCUT2D eigenvalue weighted by Gasteiger charge is 2.07. The third kappa shape index (κ3) is 4.45. The molecule has 0 fully saturated rings. The molecule has 0 spiro atoms. The lowest BCUT2D eigenvalue weighted by atomic mass is 10.3. The van der Waals surface area contributed by atoms with Crippen LogP contribution in [-0.4, -0.2) is 33.9 Å². The minimum absolute atomic E-state index is 0.144. The van der Waals surface area contributed by atoms with E-state index in [1.807, 2.05) is 6.92 Å². The van der Waals surface area contributed by atoms with Crippen molar-refractivity contribution in [2.45, 2.75) is 26.0 Å². The molecule has 0 bridgehead atoms. The third-order valence-corrected chi connectivity index (χ3v) is 2.75. The highest BCUT2D eigenvalue weighted by Crippen LogP contribution is 1.98. The number of aliphatic hydroxyl groups is 1. The van der Waals surface area contributed by atoms with Gasteiger partial charge in [-0.1, -0.05) is 6.92 Å². The monoisotopic (exact) mass is 305 g/mol. The number of hydrogen-bond donors (Lipinski definition) is 3. The summed E-state index contributed by atoms with van der Waals surface area (Å²) in [6.45, 7) is 3.41. The summed E-state index contributed by atoms with van der Waals surface area (Å²) in [4.78, 5) is 24.7. The molecule has 7 heteroatoms. The Labute approximate surface area is 107 Å². The molecule has 1 aromatic heterocycles. The minimum atomic E-state index is -0.669. The Hall–Kier alpha value is -0.920. The third-order valence-electron chi connectivity index (χ3n) is 2.18. The van der Waals surface area contributed by atoms with Gasteiger partial charge < -0.3 is 10.4 Å². The number of rotatable bonds is 6. The molecule has 17 heavy (non-hydrogen) atoms. The minimum Gasteiger partial charge on any atom is -0.390 e. The number of aromatic nitrogens is 2. The summed E-state index contributed by atoms with van der Waals surface area (Å²) in [5, 5.41) is 12.7. The van der Waals surface area contributed by atoms with Crippen molar-refractivity contribution in [2.24, 2.45) is 0 Å². The van der Waals surface area contributed by atoms with Gasteiger partial charge >= 0.3 is 5.69 Å². The first kappa shape index (κ1) is 14.1. The van der Waals surface area contributed by atoms with E-state index in [1.165, 1.54) is 10.8 Å². The highest BCUT2D eigenvalue weighted by atomic mass is 79.9. The fourth-order valence-electron chi connectivity index (χ4n) is 1.36. The number of aliphatic hydroxyl groups excluding tert-OH is 1. The Morgan fingerprint density at radius 1 is 1.59 bits per heavy atom. The predicted octanol–water partition coefficient (Wildman–Crippen LogP) is -0.340. The molecule has 0 aliphatic rings. The number of nitrogens with one attached hydrogen (secondary N) is 2. The number of H-pyrrole nitrogens is 1. The van der Waals surface area contributed by atoms with Crippen LogP contribution in [0.4, 0.5) is 0 Å². The second-order valence-corrected chi connectivity index (χ2v) is 4.60. The quantitative estimate of drug-likeness (QED) is 0.628. The average Bonchev–Trinajstić information content (AvgIpc) is 2.26. The Bertz CT molecular complexity index is 469. The summed E-state index contributed by atoms with van der Waals surface area (Å²) in [6, 6.07) is 0. The maximum Gasteiger partial charge on any atom is 0.328 e. The molecule has 1 atom stereocenters. The number of nitrogens with zero attached hydrogens (tertiary/aromatic N) is 1. The molecule has 0 aliphatic carbocycles. The van der Waals surface area contributed by atoms with Gasteiger partial charge in [-0.3, -0.25) is 14.3 Å². The maximum atomic E-state index is 11.4. The second-order valence-electron chi connectivity index (χ2n) is 3.75. The molecule has 6 nitrogen and oxygen atoms in total. The zero-order valence-electron chi connectivity index (χ0n) is 9.57. The lowest BCUT2D eigenvalue weighted by molar-refractivity contribution is 0.149. The number of halogens is 1. The molecular weight excluding hydrogens is 290 g/mol. The molecule has 0 saturated heterocycles. The fourth-order valence-corrected chi connectivity index (χ4v) is 1.70. The van der Waals surface area contributed by atoms with Crippen LogP contribution >= 0.6 is 15.9 Å². The Morgan fingerprint density at radius 2 is 2.29 bits per heavy atom. The summed E-state index contributed by atoms with van der Waals surface area (Å²) < 4.78 is 1.54. The first-order valence-electron chi connectivity index (χ1n) is 5.42. The van der Waals surface area contributed by atoms with E-state index in [4.69, 9.17) is 0 Å². The van der Waals surface area contributed by atoms with Crippen LogP contribution < -0.4 is 16.6 Å². The highest BCUT2D eigenvalue weighted by molar-refractivity contribution is 9.10. The van der Waals surface area contributed by atoms with Crippen molar-refractivity contribution in [1.82, 2.24) is 14.9 Å². The molecule has 0 aromatic carbocycles. The van der Waals surface area contributed by atoms with Crippen LogP contribution in [-0.2, 0) is 6.54 Å². The van der Waals surface area contributed by atoms with Gasteiger partial charge in [0.15, 0.2) is 0 Å². The smallest absolute Gasteiger partial charge is 0.328 e. The van der Waals surface area contributed by atoms with Crippen molar-refractivity contribution in [1.29, 1.82) is 0 Å². The molecular formula is C10H16BrN3O3. The molecule has 1 heterocycles. The summed E-state index contributed by atoms with van der Waals surface area (Å²) in [5.41, 5.74) is -0.988. The molecule has 1 rings (SSSR count). The van der Waals surface area contributed by atoms with Gasteiger partial charge in [0.1, 0.15) is 0 Å². The predicted molar refractivity (Wildman–Crippen MR) is 68.2 cm³/mol. The Balaban J connectivity index is 2.65. The normalized spacial score (nSPS) is 12.6.